The molecule has 7 heteroatoms. The minimum atomic E-state index is -0.557. The molecule has 3 amide bonds. The molecule has 1 saturated carbocycles. The topological polar surface area (TPSA) is 95.7 Å². The van der Waals surface area contributed by atoms with Crippen LogP contribution in [-0.4, -0.2) is 51.7 Å². The highest BCUT2D eigenvalue weighted by atomic mass is 16.2. The van der Waals surface area contributed by atoms with Crippen LogP contribution < -0.4 is 11.1 Å². The van der Waals surface area contributed by atoms with Crippen LogP contribution in [0.5, 0.6) is 0 Å². The molecule has 1 aromatic carbocycles. The van der Waals surface area contributed by atoms with Crippen molar-refractivity contribution in [3.8, 4) is 0 Å². The molecule has 136 valence electrons. The Bertz CT molecular complexity index is 830. The Morgan fingerprint density at radius 2 is 2.04 bits per heavy atom. The van der Waals surface area contributed by atoms with Crippen molar-refractivity contribution in [2.24, 2.45) is 5.73 Å². The molecular weight excluding hydrogens is 332 g/mol. The first kappa shape index (κ1) is 16.0. The van der Waals surface area contributed by atoms with Gasteiger partial charge < -0.3 is 10.6 Å². The largest absolute Gasteiger partial charge is 0.324 e. The fraction of sp³-hybridized carbons (Fsp3) is 0.526. The lowest BCUT2D eigenvalue weighted by atomic mass is 9.79. The summed E-state index contributed by atoms with van der Waals surface area (Å²) in [6, 6.07) is 5.99. The lowest BCUT2D eigenvalue weighted by Crippen LogP contribution is -2.52. The zero-order valence-corrected chi connectivity index (χ0v) is 14.5. The summed E-state index contributed by atoms with van der Waals surface area (Å²) in [4.78, 5) is 40.2. The Morgan fingerprint density at radius 1 is 1.23 bits per heavy atom. The Balaban J connectivity index is 1.33. The molecule has 0 aromatic heterocycles. The van der Waals surface area contributed by atoms with Crippen LogP contribution in [0.3, 0.4) is 0 Å². The maximum atomic E-state index is 12.7. The molecule has 4 fully saturated rings. The molecule has 2 bridgehead atoms. The molecule has 1 aromatic rings. The summed E-state index contributed by atoms with van der Waals surface area (Å²) in [6.07, 6.45) is 2.84. The van der Waals surface area contributed by atoms with E-state index in [9.17, 15) is 14.4 Å². The Hall–Kier alpha value is -2.25. The second-order valence-corrected chi connectivity index (χ2v) is 8.22. The van der Waals surface area contributed by atoms with Crippen molar-refractivity contribution in [2.45, 2.75) is 56.4 Å². The summed E-state index contributed by atoms with van der Waals surface area (Å²) in [6.45, 7) is 2.22. The van der Waals surface area contributed by atoms with Crippen LogP contribution >= 0.6 is 0 Å². The molecule has 0 spiro atoms. The van der Waals surface area contributed by atoms with E-state index in [2.05, 4.69) is 16.3 Å². The fourth-order valence-electron chi connectivity index (χ4n) is 4.95. The number of hydrogen-bond acceptors (Lipinski definition) is 5. The summed E-state index contributed by atoms with van der Waals surface area (Å²) in [5.74, 6) is -0.752. The van der Waals surface area contributed by atoms with Crippen molar-refractivity contribution in [3.63, 3.8) is 0 Å². The Labute approximate surface area is 151 Å². The molecule has 7 nitrogen and oxygen atoms in total. The number of nitrogens with two attached hydrogens (primary N) is 1. The Morgan fingerprint density at radius 3 is 2.73 bits per heavy atom. The Kier molecular flexibility index (Phi) is 3.30. The van der Waals surface area contributed by atoms with E-state index in [1.54, 1.807) is 4.90 Å². The predicted molar refractivity (Wildman–Crippen MR) is 92.8 cm³/mol. The number of hydrogen-bond donors (Lipinski definition) is 2. The van der Waals surface area contributed by atoms with Crippen LogP contribution in [0.1, 0.15) is 47.2 Å². The van der Waals surface area contributed by atoms with Crippen LogP contribution in [0, 0.1) is 0 Å². The van der Waals surface area contributed by atoms with Crippen molar-refractivity contribution in [3.05, 3.63) is 34.9 Å². The van der Waals surface area contributed by atoms with Crippen molar-refractivity contribution in [2.75, 3.05) is 6.54 Å². The van der Waals surface area contributed by atoms with Crippen molar-refractivity contribution in [1.82, 2.24) is 15.1 Å². The number of rotatable bonds is 3. The van der Waals surface area contributed by atoms with Gasteiger partial charge in [0.2, 0.25) is 11.8 Å². The number of nitrogens with one attached hydrogen (secondary N) is 1. The van der Waals surface area contributed by atoms with E-state index < -0.39 is 6.04 Å². The van der Waals surface area contributed by atoms with Crippen molar-refractivity contribution < 1.29 is 14.4 Å². The second-order valence-electron chi connectivity index (χ2n) is 8.22. The van der Waals surface area contributed by atoms with Gasteiger partial charge in [-0.05, 0) is 36.5 Å². The average Bonchev–Trinajstić information content (AvgIpc) is 3.16. The van der Waals surface area contributed by atoms with E-state index in [1.807, 2.05) is 12.1 Å². The van der Waals surface area contributed by atoms with Gasteiger partial charge in [0.05, 0.1) is 0 Å². The van der Waals surface area contributed by atoms with Gasteiger partial charge in [0, 0.05) is 43.2 Å². The van der Waals surface area contributed by atoms with Gasteiger partial charge in [0.1, 0.15) is 6.04 Å². The molecule has 1 aliphatic carbocycles. The van der Waals surface area contributed by atoms with Gasteiger partial charge in [-0.15, -0.1) is 0 Å². The number of benzene rings is 1. The predicted octanol–water partition coefficient (Wildman–Crippen LogP) is 0.123. The summed E-state index contributed by atoms with van der Waals surface area (Å²) in [5.41, 5.74) is 9.09. The van der Waals surface area contributed by atoms with Crippen LogP contribution in [-0.2, 0) is 22.7 Å². The van der Waals surface area contributed by atoms with Gasteiger partial charge in [0.15, 0.2) is 0 Å². The summed E-state index contributed by atoms with van der Waals surface area (Å²) in [5, 5.41) is 2.34. The van der Waals surface area contributed by atoms with Gasteiger partial charge in [0.25, 0.3) is 5.91 Å². The molecule has 5 aliphatic rings. The lowest BCUT2D eigenvalue weighted by Gasteiger charge is -2.33. The molecule has 0 radical (unpaired) electrons. The normalized spacial score (nSPS) is 33.3. The minimum Gasteiger partial charge on any atom is -0.324 e. The SMILES string of the molecule is NC12CC(C1)N(Cc1ccc3c(c1)CN(C1CCC(=O)NC1=O)C3=O)C2. The van der Waals surface area contributed by atoms with Crippen LogP contribution in [0.25, 0.3) is 0 Å². The zero-order valence-electron chi connectivity index (χ0n) is 14.5. The maximum absolute atomic E-state index is 12.7. The van der Waals surface area contributed by atoms with Gasteiger partial charge in [-0.25, -0.2) is 0 Å². The molecule has 4 heterocycles. The standard InChI is InChI=1S/C19H22N4O3/c20-19-6-13(7-19)22(10-19)8-11-1-2-14-12(5-11)9-23(18(14)26)15-3-4-16(24)21-17(15)25/h1-2,5,13,15H,3-4,6-10,20H2,(H,21,24,25). The molecular formula is C19H22N4O3. The number of imide groups is 1. The van der Waals surface area contributed by atoms with Crippen LogP contribution in [0.15, 0.2) is 18.2 Å². The van der Waals surface area contributed by atoms with Gasteiger partial charge in [-0.1, -0.05) is 12.1 Å². The molecule has 1 unspecified atom stereocenters. The van der Waals surface area contributed by atoms with E-state index in [0.717, 1.165) is 31.5 Å². The maximum Gasteiger partial charge on any atom is 0.255 e. The van der Waals surface area contributed by atoms with E-state index in [0.29, 0.717) is 24.6 Å². The summed E-state index contributed by atoms with van der Waals surface area (Å²) >= 11 is 0. The number of fused-ring (bicyclic) bond motifs is 2. The third-order valence-corrected chi connectivity index (χ3v) is 6.29. The van der Waals surface area contributed by atoms with Gasteiger partial charge >= 0.3 is 0 Å². The fourth-order valence-corrected chi connectivity index (χ4v) is 4.95. The molecule has 6 rings (SSSR count). The number of carbonyl (C=O) groups is 3. The van der Waals surface area contributed by atoms with Gasteiger partial charge in [-0.3, -0.25) is 24.6 Å². The highest BCUT2D eigenvalue weighted by Crippen LogP contribution is 2.43. The molecule has 26 heavy (non-hydrogen) atoms. The van der Waals surface area contributed by atoms with E-state index >= 15 is 0 Å². The third-order valence-electron chi connectivity index (χ3n) is 6.29. The van der Waals surface area contributed by atoms with Gasteiger partial charge in [-0.2, -0.15) is 0 Å². The highest BCUT2D eigenvalue weighted by molar-refractivity contribution is 6.05. The first-order chi connectivity index (χ1) is 12.4. The molecule has 1 atom stereocenters. The minimum absolute atomic E-state index is 0.0138. The molecule has 4 aliphatic heterocycles. The lowest BCUT2D eigenvalue weighted by molar-refractivity contribution is -0.136. The first-order valence-corrected chi connectivity index (χ1v) is 9.21. The molecule has 3 N–H and O–H groups in total. The summed E-state index contributed by atoms with van der Waals surface area (Å²) in [7, 11) is 0. The second kappa shape index (κ2) is 5.37. The van der Waals surface area contributed by atoms with E-state index in [-0.39, 0.29) is 29.7 Å². The number of amides is 3. The van der Waals surface area contributed by atoms with Crippen molar-refractivity contribution in [1.29, 1.82) is 0 Å². The first-order valence-electron chi connectivity index (χ1n) is 9.21. The molecule has 3 saturated heterocycles. The number of nitrogens with zero attached hydrogens (tertiary/aromatic N) is 2. The monoisotopic (exact) mass is 354 g/mol. The van der Waals surface area contributed by atoms with Crippen molar-refractivity contribution >= 4 is 17.7 Å². The highest BCUT2D eigenvalue weighted by Gasteiger charge is 2.52. The van der Waals surface area contributed by atoms with Crippen LogP contribution in [0.4, 0.5) is 0 Å². The average molecular weight is 354 g/mol. The zero-order chi connectivity index (χ0) is 18.1. The smallest absolute Gasteiger partial charge is 0.255 e. The number of piperidine rings is 1. The van der Waals surface area contributed by atoms with Crippen LogP contribution in [0.2, 0.25) is 0 Å². The van der Waals surface area contributed by atoms with E-state index in [4.69, 9.17) is 5.73 Å². The van der Waals surface area contributed by atoms with E-state index in [1.165, 1.54) is 5.56 Å². The summed E-state index contributed by atoms with van der Waals surface area (Å²) < 4.78 is 0. The quantitative estimate of drug-likeness (QED) is 0.752. The third kappa shape index (κ3) is 2.38. The number of carbonyl (C=O) groups excluding carboxylic acids is 3.